The van der Waals surface area contributed by atoms with Crippen LogP contribution in [0.1, 0.15) is 40.5 Å². The summed E-state index contributed by atoms with van der Waals surface area (Å²) >= 11 is 0. The van der Waals surface area contributed by atoms with Gasteiger partial charge in [0.2, 0.25) is 0 Å². The number of carbonyl (C=O) groups is 1. The van der Waals surface area contributed by atoms with Crippen molar-refractivity contribution in [3.8, 4) is 5.75 Å². The molecule has 1 saturated heterocycles. The van der Waals surface area contributed by atoms with Gasteiger partial charge in [0.25, 0.3) is 5.91 Å². The van der Waals surface area contributed by atoms with E-state index in [1.807, 2.05) is 29.3 Å². The number of nitrogens with zero attached hydrogens (tertiary/aromatic N) is 4. The van der Waals surface area contributed by atoms with Crippen LogP contribution in [0.4, 0.5) is 0 Å². The molecule has 1 aromatic carbocycles. The van der Waals surface area contributed by atoms with Crippen LogP contribution in [0.15, 0.2) is 30.6 Å². The standard InChI is InChI=1S/C21H28N4O2/c1-23(2)11-12-24-10-8-22-20(24)18-4-3-9-25(15-18)21(26)17-5-6-19-16(14-17)7-13-27-19/h5-6,8,10,14,18H,3-4,7,9,11-13,15H2,1-2H3/t18-/m1/s1. The van der Waals surface area contributed by atoms with E-state index in [1.165, 1.54) is 0 Å². The predicted molar refractivity (Wildman–Crippen MR) is 104 cm³/mol. The predicted octanol–water partition coefficient (Wildman–Crippen LogP) is 2.40. The normalized spacial score (nSPS) is 19.2. The highest BCUT2D eigenvalue weighted by atomic mass is 16.5. The van der Waals surface area contributed by atoms with Gasteiger partial charge < -0.3 is 19.1 Å². The average Bonchev–Trinajstić information content (AvgIpc) is 3.34. The highest BCUT2D eigenvalue weighted by Crippen LogP contribution is 2.29. The Hall–Kier alpha value is -2.34. The number of carbonyl (C=O) groups excluding carboxylic acids is 1. The van der Waals surface area contributed by atoms with Crippen LogP contribution >= 0.6 is 0 Å². The van der Waals surface area contributed by atoms with Gasteiger partial charge in [-0.15, -0.1) is 0 Å². The largest absolute Gasteiger partial charge is 0.493 e. The average molecular weight is 368 g/mol. The fourth-order valence-electron chi connectivity index (χ4n) is 4.05. The summed E-state index contributed by atoms with van der Waals surface area (Å²) < 4.78 is 7.80. The molecule has 4 rings (SSSR count). The van der Waals surface area contributed by atoms with Gasteiger partial charge in [-0.1, -0.05) is 0 Å². The second kappa shape index (κ2) is 7.72. The minimum Gasteiger partial charge on any atom is -0.493 e. The molecule has 6 heteroatoms. The lowest BCUT2D eigenvalue weighted by molar-refractivity contribution is 0.0703. The molecule has 6 nitrogen and oxygen atoms in total. The number of fused-ring (bicyclic) bond motifs is 1. The lowest BCUT2D eigenvalue weighted by atomic mass is 9.96. The number of likely N-dealkylation sites (N-methyl/N-ethyl adjacent to an activating group) is 1. The molecule has 144 valence electrons. The summed E-state index contributed by atoms with van der Waals surface area (Å²) in [5, 5.41) is 0. The van der Waals surface area contributed by atoms with E-state index in [0.717, 1.165) is 68.1 Å². The molecule has 1 aromatic heterocycles. The monoisotopic (exact) mass is 368 g/mol. The van der Waals surface area contributed by atoms with E-state index in [9.17, 15) is 4.79 Å². The third-order valence-corrected chi connectivity index (χ3v) is 5.55. The Bertz CT molecular complexity index is 814. The summed E-state index contributed by atoms with van der Waals surface area (Å²) in [4.78, 5) is 21.9. The molecule has 1 amide bonds. The fourth-order valence-corrected chi connectivity index (χ4v) is 4.05. The lowest BCUT2D eigenvalue weighted by Crippen LogP contribution is -2.40. The van der Waals surface area contributed by atoms with Gasteiger partial charge in [0.15, 0.2) is 0 Å². The first-order valence-corrected chi connectivity index (χ1v) is 9.82. The van der Waals surface area contributed by atoms with E-state index < -0.39 is 0 Å². The van der Waals surface area contributed by atoms with Crippen LogP contribution in [0.3, 0.4) is 0 Å². The first-order valence-electron chi connectivity index (χ1n) is 9.82. The number of ether oxygens (including phenoxy) is 1. The Balaban J connectivity index is 1.47. The van der Waals surface area contributed by atoms with Gasteiger partial charge in [0, 0.05) is 56.5 Å². The number of aromatic nitrogens is 2. The van der Waals surface area contributed by atoms with E-state index in [2.05, 4.69) is 34.7 Å². The number of imidazole rings is 1. The molecule has 0 saturated carbocycles. The molecule has 0 bridgehead atoms. The second-order valence-corrected chi connectivity index (χ2v) is 7.79. The number of likely N-dealkylation sites (tertiary alicyclic amines) is 1. The van der Waals surface area contributed by atoms with Crippen LogP contribution < -0.4 is 4.74 Å². The third-order valence-electron chi connectivity index (χ3n) is 5.55. The van der Waals surface area contributed by atoms with Crippen molar-refractivity contribution < 1.29 is 9.53 Å². The zero-order chi connectivity index (χ0) is 18.8. The maximum absolute atomic E-state index is 13.1. The van der Waals surface area contributed by atoms with E-state index in [1.54, 1.807) is 0 Å². The van der Waals surface area contributed by atoms with Crippen LogP contribution in [0.25, 0.3) is 0 Å². The zero-order valence-corrected chi connectivity index (χ0v) is 16.2. The highest BCUT2D eigenvalue weighted by Gasteiger charge is 2.28. The van der Waals surface area contributed by atoms with Gasteiger partial charge in [0.05, 0.1) is 6.61 Å². The van der Waals surface area contributed by atoms with Gasteiger partial charge >= 0.3 is 0 Å². The number of amides is 1. The Labute approximate surface area is 160 Å². The molecule has 0 aliphatic carbocycles. The molecule has 3 heterocycles. The molecule has 2 aliphatic heterocycles. The van der Waals surface area contributed by atoms with Crippen molar-refractivity contribution in [2.24, 2.45) is 0 Å². The first kappa shape index (κ1) is 18.0. The van der Waals surface area contributed by atoms with Crippen LogP contribution in [-0.2, 0) is 13.0 Å². The maximum atomic E-state index is 13.1. The molecule has 1 fully saturated rings. The topological polar surface area (TPSA) is 50.6 Å². The Kier molecular flexibility index (Phi) is 5.16. The second-order valence-electron chi connectivity index (χ2n) is 7.79. The number of hydrogen-bond acceptors (Lipinski definition) is 4. The fraction of sp³-hybridized carbons (Fsp3) is 0.524. The highest BCUT2D eigenvalue weighted by molar-refractivity contribution is 5.94. The molecule has 1 atom stereocenters. The Morgan fingerprint density at radius 2 is 2.26 bits per heavy atom. The minimum absolute atomic E-state index is 0.126. The molecular formula is C21H28N4O2. The SMILES string of the molecule is CN(C)CCn1ccnc1[C@@H]1CCCN(C(=O)c2ccc3c(c2)CCO3)C1. The van der Waals surface area contributed by atoms with Crippen LogP contribution in [-0.4, -0.2) is 65.6 Å². The summed E-state index contributed by atoms with van der Waals surface area (Å²) in [6, 6.07) is 5.84. The van der Waals surface area contributed by atoms with Crippen molar-refractivity contribution in [3.05, 3.63) is 47.5 Å². The Morgan fingerprint density at radius 3 is 3.11 bits per heavy atom. The molecule has 0 spiro atoms. The van der Waals surface area contributed by atoms with Crippen molar-refractivity contribution >= 4 is 5.91 Å². The van der Waals surface area contributed by atoms with Crippen molar-refractivity contribution in [2.75, 3.05) is 40.3 Å². The van der Waals surface area contributed by atoms with Gasteiger partial charge in [-0.2, -0.15) is 0 Å². The smallest absolute Gasteiger partial charge is 0.253 e. The minimum atomic E-state index is 0.126. The van der Waals surface area contributed by atoms with E-state index >= 15 is 0 Å². The summed E-state index contributed by atoms with van der Waals surface area (Å²) in [5.74, 6) is 2.46. The Morgan fingerprint density at radius 1 is 1.37 bits per heavy atom. The summed E-state index contributed by atoms with van der Waals surface area (Å²) in [5.41, 5.74) is 1.92. The quantitative estimate of drug-likeness (QED) is 0.813. The lowest BCUT2D eigenvalue weighted by Gasteiger charge is -2.33. The van der Waals surface area contributed by atoms with Crippen LogP contribution in [0.5, 0.6) is 5.75 Å². The number of hydrogen-bond donors (Lipinski definition) is 0. The van der Waals surface area contributed by atoms with Crippen LogP contribution in [0, 0.1) is 0 Å². The molecule has 0 N–H and O–H groups in total. The molecule has 2 aromatic rings. The van der Waals surface area contributed by atoms with Crippen LogP contribution in [0.2, 0.25) is 0 Å². The van der Waals surface area contributed by atoms with E-state index in [0.29, 0.717) is 12.5 Å². The van der Waals surface area contributed by atoms with Crippen molar-refractivity contribution in [3.63, 3.8) is 0 Å². The number of rotatable bonds is 5. The molecule has 0 radical (unpaired) electrons. The third kappa shape index (κ3) is 3.86. The summed E-state index contributed by atoms with van der Waals surface area (Å²) in [7, 11) is 4.17. The molecular weight excluding hydrogens is 340 g/mol. The number of benzene rings is 1. The maximum Gasteiger partial charge on any atom is 0.253 e. The molecule has 2 aliphatic rings. The van der Waals surface area contributed by atoms with Crippen molar-refractivity contribution in [1.29, 1.82) is 0 Å². The summed E-state index contributed by atoms with van der Waals surface area (Å²) in [6.07, 6.45) is 6.93. The van der Waals surface area contributed by atoms with Crippen molar-refractivity contribution in [1.82, 2.24) is 19.4 Å². The van der Waals surface area contributed by atoms with E-state index in [4.69, 9.17) is 4.74 Å². The zero-order valence-electron chi connectivity index (χ0n) is 16.2. The first-order chi connectivity index (χ1) is 13.1. The number of piperidine rings is 1. The van der Waals surface area contributed by atoms with E-state index in [-0.39, 0.29) is 5.91 Å². The summed E-state index contributed by atoms with van der Waals surface area (Å²) in [6.45, 7) is 4.19. The van der Waals surface area contributed by atoms with Gasteiger partial charge in [-0.05, 0) is 50.7 Å². The molecule has 27 heavy (non-hydrogen) atoms. The van der Waals surface area contributed by atoms with Gasteiger partial charge in [0.1, 0.15) is 11.6 Å². The van der Waals surface area contributed by atoms with Gasteiger partial charge in [-0.3, -0.25) is 4.79 Å². The van der Waals surface area contributed by atoms with Crippen molar-refractivity contribution in [2.45, 2.75) is 31.7 Å². The van der Waals surface area contributed by atoms with Gasteiger partial charge in [-0.25, -0.2) is 4.98 Å². The molecule has 0 unspecified atom stereocenters.